The SMILES string of the molecule is Clc1ccccc1/C=N\Nc1nc(-c2ccc3c(c2)OCCO3)cs1. The summed E-state index contributed by atoms with van der Waals surface area (Å²) in [5.74, 6) is 1.52. The van der Waals surface area contributed by atoms with E-state index < -0.39 is 0 Å². The van der Waals surface area contributed by atoms with Crippen LogP contribution in [-0.4, -0.2) is 24.4 Å². The van der Waals surface area contributed by atoms with E-state index in [1.165, 1.54) is 11.3 Å². The van der Waals surface area contributed by atoms with Gasteiger partial charge in [-0.15, -0.1) is 11.3 Å². The van der Waals surface area contributed by atoms with Crippen molar-refractivity contribution in [2.75, 3.05) is 18.6 Å². The van der Waals surface area contributed by atoms with Crippen molar-refractivity contribution < 1.29 is 9.47 Å². The van der Waals surface area contributed by atoms with Crippen LogP contribution in [0.15, 0.2) is 52.9 Å². The van der Waals surface area contributed by atoms with Gasteiger partial charge in [0, 0.05) is 21.5 Å². The summed E-state index contributed by atoms with van der Waals surface area (Å²) >= 11 is 7.57. The van der Waals surface area contributed by atoms with E-state index in [2.05, 4.69) is 15.5 Å². The quantitative estimate of drug-likeness (QED) is 0.534. The number of fused-ring (bicyclic) bond motifs is 1. The fraction of sp³-hybridized carbons (Fsp3) is 0.111. The molecule has 0 radical (unpaired) electrons. The highest BCUT2D eigenvalue weighted by molar-refractivity contribution is 7.14. The molecule has 0 fully saturated rings. The highest BCUT2D eigenvalue weighted by atomic mass is 35.5. The molecule has 0 saturated heterocycles. The molecule has 1 N–H and O–H groups in total. The molecule has 0 spiro atoms. The largest absolute Gasteiger partial charge is 0.486 e. The molecule has 0 amide bonds. The maximum atomic E-state index is 6.09. The van der Waals surface area contributed by atoms with E-state index in [1.807, 2.05) is 47.8 Å². The molecule has 0 unspecified atom stereocenters. The molecule has 2 heterocycles. The molecule has 3 aromatic rings. The van der Waals surface area contributed by atoms with Crippen LogP contribution in [0.4, 0.5) is 5.13 Å². The number of nitrogens with zero attached hydrogens (tertiary/aromatic N) is 2. The van der Waals surface area contributed by atoms with Gasteiger partial charge in [-0.1, -0.05) is 29.8 Å². The molecule has 1 aromatic heterocycles. The number of thiazole rings is 1. The molecule has 1 aliphatic heterocycles. The van der Waals surface area contributed by atoms with Gasteiger partial charge in [-0.25, -0.2) is 4.98 Å². The number of hydrogen-bond donors (Lipinski definition) is 1. The van der Waals surface area contributed by atoms with E-state index in [1.54, 1.807) is 6.21 Å². The molecule has 0 bridgehead atoms. The minimum atomic E-state index is 0.567. The van der Waals surface area contributed by atoms with Gasteiger partial charge in [-0.2, -0.15) is 5.10 Å². The van der Waals surface area contributed by atoms with Crippen LogP contribution in [0.1, 0.15) is 5.56 Å². The standard InChI is InChI=1S/C18H14ClN3O2S/c19-14-4-2-1-3-13(14)10-20-22-18-21-15(11-25-18)12-5-6-16-17(9-12)24-8-7-23-16/h1-6,9-11H,7-8H2,(H,21,22)/b20-10-. The summed E-state index contributed by atoms with van der Waals surface area (Å²) < 4.78 is 11.2. The first-order chi connectivity index (χ1) is 12.3. The number of halogens is 1. The Kier molecular flexibility index (Phi) is 4.54. The van der Waals surface area contributed by atoms with E-state index in [0.717, 1.165) is 28.3 Å². The number of hydrazone groups is 1. The summed E-state index contributed by atoms with van der Waals surface area (Å²) in [7, 11) is 0. The Bertz CT molecular complexity index is 926. The molecule has 4 rings (SSSR count). The zero-order chi connectivity index (χ0) is 17.1. The molecule has 5 nitrogen and oxygen atoms in total. The molecular formula is C18H14ClN3O2S. The summed E-state index contributed by atoms with van der Waals surface area (Å²) in [5.41, 5.74) is 5.62. The van der Waals surface area contributed by atoms with Crippen molar-refractivity contribution in [3.05, 3.63) is 58.4 Å². The molecule has 1 aliphatic rings. The number of nitrogens with one attached hydrogen (secondary N) is 1. The van der Waals surface area contributed by atoms with Gasteiger partial charge in [0.2, 0.25) is 5.13 Å². The van der Waals surface area contributed by atoms with Gasteiger partial charge >= 0.3 is 0 Å². The predicted molar refractivity (Wildman–Crippen MR) is 101 cm³/mol. The Morgan fingerprint density at radius 3 is 2.84 bits per heavy atom. The van der Waals surface area contributed by atoms with Crippen LogP contribution in [0.25, 0.3) is 11.3 Å². The van der Waals surface area contributed by atoms with Gasteiger partial charge in [-0.3, -0.25) is 5.43 Å². The zero-order valence-corrected chi connectivity index (χ0v) is 14.7. The first-order valence-corrected chi connectivity index (χ1v) is 8.94. The lowest BCUT2D eigenvalue weighted by Gasteiger charge is -2.18. The number of aromatic nitrogens is 1. The third kappa shape index (κ3) is 3.60. The Labute approximate surface area is 153 Å². The zero-order valence-electron chi connectivity index (χ0n) is 13.1. The second-order valence-corrected chi connectivity index (χ2v) is 6.55. The molecule has 0 atom stereocenters. The third-order valence-corrected chi connectivity index (χ3v) is 4.70. The van der Waals surface area contributed by atoms with E-state index in [9.17, 15) is 0 Å². The Balaban J connectivity index is 1.48. The molecule has 2 aromatic carbocycles. The molecule has 126 valence electrons. The summed E-state index contributed by atoms with van der Waals surface area (Å²) in [6.45, 7) is 1.15. The first-order valence-electron chi connectivity index (χ1n) is 7.69. The molecule has 7 heteroatoms. The third-order valence-electron chi connectivity index (χ3n) is 3.61. The van der Waals surface area contributed by atoms with E-state index in [4.69, 9.17) is 21.1 Å². The summed E-state index contributed by atoms with van der Waals surface area (Å²) in [6.07, 6.45) is 1.67. The summed E-state index contributed by atoms with van der Waals surface area (Å²) in [6, 6.07) is 13.3. The van der Waals surface area contributed by atoms with Crippen LogP contribution in [0.3, 0.4) is 0 Å². The normalized spacial score (nSPS) is 13.2. The predicted octanol–water partition coefficient (Wildman–Crippen LogP) is 4.68. The van der Waals surface area contributed by atoms with Crippen molar-refractivity contribution in [2.45, 2.75) is 0 Å². The Morgan fingerprint density at radius 1 is 1.12 bits per heavy atom. The Morgan fingerprint density at radius 2 is 1.96 bits per heavy atom. The number of rotatable bonds is 4. The maximum Gasteiger partial charge on any atom is 0.203 e. The van der Waals surface area contributed by atoms with Gasteiger partial charge in [0.15, 0.2) is 11.5 Å². The van der Waals surface area contributed by atoms with Gasteiger partial charge in [0.25, 0.3) is 0 Å². The van der Waals surface area contributed by atoms with Crippen LogP contribution in [-0.2, 0) is 0 Å². The molecule has 25 heavy (non-hydrogen) atoms. The fourth-order valence-electron chi connectivity index (χ4n) is 2.40. The number of anilines is 1. The van der Waals surface area contributed by atoms with Crippen molar-refractivity contribution in [2.24, 2.45) is 5.10 Å². The highest BCUT2D eigenvalue weighted by Crippen LogP contribution is 2.35. The molecule has 0 saturated carbocycles. The number of ether oxygens (including phenoxy) is 2. The van der Waals surface area contributed by atoms with Gasteiger partial charge in [-0.05, 0) is 24.3 Å². The topological polar surface area (TPSA) is 55.7 Å². The van der Waals surface area contributed by atoms with Crippen LogP contribution in [0, 0.1) is 0 Å². The lowest BCUT2D eigenvalue weighted by Crippen LogP contribution is -2.15. The minimum absolute atomic E-state index is 0.567. The fourth-order valence-corrected chi connectivity index (χ4v) is 3.25. The lowest BCUT2D eigenvalue weighted by atomic mass is 10.1. The van der Waals surface area contributed by atoms with E-state index in [0.29, 0.717) is 23.4 Å². The van der Waals surface area contributed by atoms with Crippen molar-refractivity contribution in [3.63, 3.8) is 0 Å². The molecular weight excluding hydrogens is 358 g/mol. The first kappa shape index (κ1) is 15.9. The van der Waals surface area contributed by atoms with E-state index >= 15 is 0 Å². The number of hydrogen-bond acceptors (Lipinski definition) is 6. The van der Waals surface area contributed by atoms with Gasteiger partial charge < -0.3 is 9.47 Å². The van der Waals surface area contributed by atoms with Crippen molar-refractivity contribution in [1.82, 2.24) is 4.98 Å². The summed E-state index contributed by atoms with van der Waals surface area (Å²) in [5, 5.41) is 7.52. The number of benzene rings is 2. The van der Waals surface area contributed by atoms with Crippen molar-refractivity contribution in [1.29, 1.82) is 0 Å². The maximum absolute atomic E-state index is 6.09. The van der Waals surface area contributed by atoms with E-state index in [-0.39, 0.29) is 0 Å². The average molecular weight is 372 g/mol. The van der Waals surface area contributed by atoms with Crippen molar-refractivity contribution in [3.8, 4) is 22.8 Å². The van der Waals surface area contributed by atoms with Crippen LogP contribution in [0.2, 0.25) is 5.02 Å². The lowest BCUT2D eigenvalue weighted by molar-refractivity contribution is 0.171. The monoisotopic (exact) mass is 371 g/mol. The minimum Gasteiger partial charge on any atom is -0.486 e. The van der Waals surface area contributed by atoms with Crippen LogP contribution in [0.5, 0.6) is 11.5 Å². The van der Waals surface area contributed by atoms with Gasteiger partial charge in [0.05, 0.1) is 11.9 Å². The summed E-state index contributed by atoms with van der Waals surface area (Å²) in [4.78, 5) is 4.55. The molecule has 0 aliphatic carbocycles. The Hall–Kier alpha value is -2.57. The average Bonchev–Trinajstić information content (AvgIpc) is 3.12. The van der Waals surface area contributed by atoms with Gasteiger partial charge in [0.1, 0.15) is 13.2 Å². The van der Waals surface area contributed by atoms with Crippen LogP contribution < -0.4 is 14.9 Å². The smallest absolute Gasteiger partial charge is 0.203 e. The highest BCUT2D eigenvalue weighted by Gasteiger charge is 2.13. The second kappa shape index (κ2) is 7.13. The second-order valence-electron chi connectivity index (χ2n) is 5.29. The van der Waals surface area contributed by atoms with Crippen molar-refractivity contribution >= 4 is 34.3 Å². The van der Waals surface area contributed by atoms with Crippen LogP contribution >= 0.6 is 22.9 Å².